The molecule has 0 aliphatic carbocycles. The van der Waals surface area contributed by atoms with Crippen LogP contribution >= 0.6 is 47.0 Å². The van der Waals surface area contributed by atoms with Crippen molar-refractivity contribution in [3.8, 4) is 0 Å². The topological polar surface area (TPSA) is 82.9 Å². The minimum absolute atomic E-state index is 0.0296. The first-order chi connectivity index (χ1) is 11.1. The zero-order valence-electron chi connectivity index (χ0n) is 12.9. The summed E-state index contributed by atoms with van der Waals surface area (Å²) in [6.07, 6.45) is 0. The SMILES string of the molecule is CC(CNC(=O)CSC1=NCCS1)NC(=O)CSC1=NCCS1. The molecule has 2 aliphatic rings. The lowest BCUT2D eigenvalue weighted by Crippen LogP contribution is -2.43. The first kappa shape index (κ1) is 19.0. The summed E-state index contributed by atoms with van der Waals surface area (Å²) >= 11 is 6.34. The largest absolute Gasteiger partial charge is 0.353 e. The molecule has 0 fully saturated rings. The first-order valence-corrected chi connectivity index (χ1v) is 11.2. The smallest absolute Gasteiger partial charge is 0.230 e. The van der Waals surface area contributed by atoms with Crippen LogP contribution in [-0.2, 0) is 9.59 Å². The maximum absolute atomic E-state index is 11.8. The number of amides is 2. The van der Waals surface area contributed by atoms with E-state index in [9.17, 15) is 9.59 Å². The van der Waals surface area contributed by atoms with Gasteiger partial charge in [0, 0.05) is 24.1 Å². The lowest BCUT2D eigenvalue weighted by Gasteiger charge is -2.14. The maximum atomic E-state index is 11.8. The molecule has 0 radical (unpaired) electrons. The highest BCUT2D eigenvalue weighted by Gasteiger charge is 2.14. The minimum Gasteiger partial charge on any atom is -0.353 e. The predicted molar refractivity (Wildman–Crippen MR) is 105 cm³/mol. The molecule has 0 saturated heterocycles. The van der Waals surface area contributed by atoms with Crippen LogP contribution in [0.25, 0.3) is 0 Å². The zero-order valence-corrected chi connectivity index (χ0v) is 16.1. The fraction of sp³-hybridized carbons (Fsp3) is 0.692. The van der Waals surface area contributed by atoms with Gasteiger partial charge in [-0.05, 0) is 6.92 Å². The van der Waals surface area contributed by atoms with Crippen LogP contribution in [0, 0.1) is 0 Å². The molecule has 0 aromatic carbocycles. The molecule has 23 heavy (non-hydrogen) atoms. The van der Waals surface area contributed by atoms with E-state index in [4.69, 9.17) is 0 Å². The lowest BCUT2D eigenvalue weighted by molar-refractivity contribution is -0.121. The normalized spacial score (nSPS) is 18.3. The first-order valence-electron chi connectivity index (χ1n) is 7.29. The highest BCUT2D eigenvalue weighted by Crippen LogP contribution is 2.22. The van der Waals surface area contributed by atoms with Gasteiger partial charge >= 0.3 is 0 Å². The Bertz CT molecular complexity index is 498. The van der Waals surface area contributed by atoms with Gasteiger partial charge in [0.05, 0.1) is 24.6 Å². The third kappa shape index (κ3) is 7.86. The van der Waals surface area contributed by atoms with Gasteiger partial charge < -0.3 is 10.6 Å². The fourth-order valence-electron chi connectivity index (χ4n) is 1.75. The monoisotopic (exact) mass is 392 g/mol. The van der Waals surface area contributed by atoms with Gasteiger partial charge in [0.25, 0.3) is 0 Å². The van der Waals surface area contributed by atoms with E-state index in [0.29, 0.717) is 18.1 Å². The lowest BCUT2D eigenvalue weighted by atomic mass is 10.3. The average Bonchev–Trinajstić information content (AvgIpc) is 3.22. The highest BCUT2D eigenvalue weighted by atomic mass is 32.2. The summed E-state index contributed by atoms with van der Waals surface area (Å²) in [7, 11) is 0. The van der Waals surface area contributed by atoms with E-state index < -0.39 is 0 Å². The van der Waals surface area contributed by atoms with Crippen molar-refractivity contribution < 1.29 is 9.59 Å². The van der Waals surface area contributed by atoms with E-state index in [-0.39, 0.29) is 17.9 Å². The number of carbonyl (C=O) groups is 2. The second-order valence-corrected chi connectivity index (χ2v) is 9.45. The van der Waals surface area contributed by atoms with Gasteiger partial charge in [-0.15, -0.1) is 0 Å². The summed E-state index contributed by atoms with van der Waals surface area (Å²) in [6, 6.07) is -0.0894. The number of carbonyl (C=O) groups excluding carboxylic acids is 2. The minimum atomic E-state index is -0.0894. The number of hydrogen-bond donors (Lipinski definition) is 2. The Balaban J connectivity index is 1.53. The zero-order chi connectivity index (χ0) is 16.5. The maximum Gasteiger partial charge on any atom is 0.230 e. The molecular formula is C13H20N4O2S4. The van der Waals surface area contributed by atoms with Crippen LogP contribution < -0.4 is 10.6 Å². The van der Waals surface area contributed by atoms with Gasteiger partial charge in [-0.25, -0.2) is 0 Å². The molecule has 2 heterocycles. The second-order valence-electron chi connectivity index (χ2n) is 4.84. The van der Waals surface area contributed by atoms with Gasteiger partial charge in [-0.2, -0.15) is 0 Å². The molecule has 10 heteroatoms. The molecule has 1 atom stereocenters. The molecule has 0 spiro atoms. The van der Waals surface area contributed by atoms with Crippen molar-refractivity contribution in [2.45, 2.75) is 13.0 Å². The molecule has 2 rings (SSSR count). The number of thioether (sulfide) groups is 4. The van der Waals surface area contributed by atoms with Crippen molar-refractivity contribution in [1.29, 1.82) is 0 Å². The van der Waals surface area contributed by atoms with Crippen molar-refractivity contribution in [1.82, 2.24) is 10.6 Å². The fourth-order valence-corrected chi connectivity index (χ4v) is 5.41. The summed E-state index contributed by atoms with van der Waals surface area (Å²) in [5.74, 6) is 2.71. The molecule has 2 aliphatic heterocycles. The van der Waals surface area contributed by atoms with Crippen LogP contribution in [0.1, 0.15) is 6.92 Å². The van der Waals surface area contributed by atoms with E-state index in [2.05, 4.69) is 20.6 Å². The average molecular weight is 393 g/mol. The Morgan fingerprint density at radius 3 is 2.17 bits per heavy atom. The standard InChI is InChI=1S/C13H20N4O2S4/c1-9(17-11(19)8-23-13-15-3-5-21-13)6-16-10(18)7-22-12-14-2-4-20-12/h9H,2-8H2,1H3,(H,16,18)(H,17,19). The molecule has 128 valence electrons. The van der Waals surface area contributed by atoms with E-state index >= 15 is 0 Å². The Kier molecular flexibility index (Phi) is 8.70. The number of rotatable bonds is 7. The molecule has 0 bridgehead atoms. The third-order valence-electron chi connectivity index (χ3n) is 2.78. The van der Waals surface area contributed by atoms with Crippen LogP contribution in [0.4, 0.5) is 0 Å². The second kappa shape index (κ2) is 10.5. The van der Waals surface area contributed by atoms with Crippen molar-refractivity contribution >= 4 is 67.6 Å². The van der Waals surface area contributed by atoms with E-state index in [1.165, 1.54) is 23.5 Å². The van der Waals surface area contributed by atoms with Gasteiger partial charge in [-0.3, -0.25) is 19.6 Å². The quantitative estimate of drug-likeness (QED) is 0.679. The summed E-state index contributed by atoms with van der Waals surface area (Å²) in [5.41, 5.74) is 0. The van der Waals surface area contributed by atoms with Gasteiger partial charge in [0.1, 0.15) is 8.75 Å². The Morgan fingerprint density at radius 2 is 1.65 bits per heavy atom. The third-order valence-corrected chi connectivity index (χ3v) is 7.29. The van der Waals surface area contributed by atoms with Crippen molar-refractivity contribution in [2.24, 2.45) is 9.98 Å². The van der Waals surface area contributed by atoms with E-state index in [0.717, 1.165) is 33.3 Å². The number of nitrogens with one attached hydrogen (secondary N) is 2. The molecule has 2 amide bonds. The molecular weight excluding hydrogens is 372 g/mol. The number of aliphatic imine (C=N–C) groups is 2. The van der Waals surface area contributed by atoms with E-state index in [1.54, 1.807) is 23.5 Å². The van der Waals surface area contributed by atoms with Crippen LogP contribution in [0.3, 0.4) is 0 Å². The van der Waals surface area contributed by atoms with Gasteiger partial charge in [0.15, 0.2) is 0 Å². The van der Waals surface area contributed by atoms with Crippen LogP contribution in [-0.4, -0.2) is 69.3 Å². The predicted octanol–water partition coefficient (Wildman–Crippen LogP) is 1.28. The van der Waals surface area contributed by atoms with Crippen LogP contribution in [0.2, 0.25) is 0 Å². The summed E-state index contributed by atoms with van der Waals surface area (Å²) < 4.78 is 1.98. The molecule has 2 N–H and O–H groups in total. The molecule has 1 unspecified atom stereocenters. The summed E-state index contributed by atoms with van der Waals surface area (Å²) in [5, 5.41) is 5.72. The van der Waals surface area contributed by atoms with E-state index in [1.807, 2.05) is 6.92 Å². The summed E-state index contributed by atoms with van der Waals surface area (Å²) in [6.45, 7) is 4.01. The summed E-state index contributed by atoms with van der Waals surface area (Å²) in [4.78, 5) is 32.2. The van der Waals surface area contributed by atoms with Gasteiger partial charge in [0.2, 0.25) is 11.8 Å². The number of hydrogen-bond acceptors (Lipinski definition) is 8. The van der Waals surface area contributed by atoms with Crippen LogP contribution in [0.15, 0.2) is 9.98 Å². The Morgan fingerprint density at radius 1 is 1.09 bits per heavy atom. The molecule has 0 aromatic rings. The Hall–Kier alpha value is -0.320. The highest BCUT2D eigenvalue weighted by molar-refractivity contribution is 8.39. The van der Waals surface area contributed by atoms with Crippen LogP contribution in [0.5, 0.6) is 0 Å². The van der Waals surface area contributed by atoms with Crippen molar-refractivity contribution in [3.05, 3.63) is 0 Å². The molecule has 0 saturated carbocycles. The molecule has 6 nitrogen and oxygen atoms in total. The van der Waals surface area contributed by atoms with Crippen molar-refractivity contribution in [2.75, 3.05) is 42.6 Å². The van der Waals surface area contributed by atoms with Crippen molar-refractivity contribution in [3.63, 3.8) is 0 Å². The Labute approximate surface area is 153 Å². The number of nitrogens with zero attached hydrogens (tertiary/aromatic N) is 2. The molecule has 0 aromatic heterocycles. The van der Waals surface area contributed by atoms with Gasteiger partial charge in [-0.1, -0.05) is 47.0 Å².